The fraction of sp³-hybridized carbons (Fsp3) is 0.550. The molecule has 0 radical (unpaired) electrons. The van der Waals surface area contributed by atoms with Gasteiger partial charge in [0.15, 0.2) is 0 Å². The Morgan fingerprint density at radius 2 is 1.63 bits per heavy atom. The number of nitrogens with one attached hydrogen (secondary N) is 3. The van der Waals surface area contributed by atoms with Gasteiger partial charge in [0.2, 0.25) is 11.8 Å². The molecule has 0 spiro atoms. The van der Waals surface area contributed by atoms with Gasteiger partial charge >= 0.3 is 5.97 Å². The van der Waals surface area contributed by atoms with Crippen LogP contribution in [0.2, 0.25) is 0 Å². The molecule has 3 N–H and O–H groups in total. The third-order valence-electron chi connectivity index (χ3n) is 4.19. The number of esters is 1. The lowest BCUT2D eigenvalue weighted by Crippen LogP contribution is -2.55. The summed E-state index contributed by atoms with van der Waals surface area (Å²) in [6.07, 6.45) is 0.909. The van der Waals surface area contributed by atoms with Crippen LogP contribution < -0.4 is 16.0 Å². The number of likely N-dealkylation sites (N-methyl/N-ethyl adjacent to an activating group) is 1. The largest absolute Gasteiger partial charge is 0.468 e. The molecule has 27 heavy (non-hydrogen) atoms. The van der Waals surface area contributed by atoms with Crippen LogP contribution >= 0.6 is 0 Å². The summed E-state index contributed by atoms with van der Waals surface area (Å²) in [7, 11) is 2.84. The highest BCUT2D eigenvalue weighted by Gasteiger charge is 2.28. The van der Waals surface area contributed by atoms with Crippen molar-refractivity contribution in [1.29, 1.82) is 0 Å². The SMILES string of the molecule is CNC(=O)[C@H](Cc1ccccc1)NC(=O)[C@H](CC(C)C)NC(C)C(=O)OC. The standard InChI is InChI=1S/C20H31N3O4/c1-13(2)11-16(22-14(3)20(26)27-5)19(25)23-17(18(24)21-4)12-15-9-7-6-8-10-15/h6-10,13-14,16-17,22H,11-12H2,1-5H3,(H,21,24)(H,23,25)/t14?,16-,17-/m0/s1. The van der Waals surface area contributed by atoms with Gasteiger partial charge in [-0.1, -0.05) is 44.2 Å². The van der Waals surface area contributed by atoms with E-state index in [0.29, 0.717) is 12.8 Å². The van der Waals surface area contributed by atoms with Gasteiger partial charge in [0.25, 0.3) is 0 Å². The summed E-state index contributed by atoms with van der Waals surface area (Å²) in [6, 6.07) is 7.55. The van der Waals surface area contributed by atoms with Crippen LogP contribution in [0.25, 0.3) is 0 Å². The zero-order valence-electron chi connectivity index (χ0n) is 16.7. The molecule has 1 rings (SSSR count). The first kappa shape index (κ1) is 22.6. The summed E-state index contributed by atoms with van der Waals surface area (Å²) < 4.78 is 4.72. The predicted molar refractivity (Wildman–Crippen MR) is 104 cm³/mol. The van der Waals surface area contributed by atoms with Crippen molar-refractivity contribution in [2.45, 2.75) is 51.7 Å². The van der Waals surface area contributed by atoms with Crippen molar-refractivity contribution in [2.75, 3.05) is 14.2 Å². The third kappa shape index (κ3) is 7.78. The molecule has 1 unspecified atom stereocenters. The quantitative estimate of drug-likeness (QED) is 0.529. The number of carbonyl (C=O) groups excluding carboxylic acids is 3. The molecule has 2 amide bonds. The summed E-state index contributed by atoms with van der Waals surface area (Å²) in [5, 5.41) is 8.42. The summed E-state index contributed by atoms with van der Waals surface area (Å²) >= 11 is 0. The molecule has 3 atom stereocenters. The molecule has 0 saturated heterocycles. The normalized spacial score (nSPS) is 14.1. The molecule has 0 heterocycles. The fourth-order valence-corrected chi connectivity index (χ4v) is 2.77. The number of rotatable bonds is 10. The Morgan fingerprint density at radius 1 is 1.00 bits per heavy atom. The number of ether oxygens (including phenoxy) is 1. The van der Waals surface area contributed by atoms with Gasteiger partial charge < -0.3 is 15.4 Å². The van der Waals surface area contributed by atoms with Gasteiger partial charge in [0.05, 0.1) is 13.2 Å². The van der Waals surface area contributed by atoms with Crippen molar-refractivity contribution >= 4 is 17.8 Å². The first-order valence-corrected chi connectivity index (χ1v) is 9.18. The molecule has 0 saturated carbocycles. The second kappa shape index (κ2) is 11.3. The van der Waals surface area contributed by atoms with Crippen LogP contribution in [0.1, 0.15) is 32.8 Å². The van der Waals surface area contributed by atoms with E-state index in [9.17, 15) is 14.4 Å². The molecule has 0 aliphatic heterocycles. The van der Waals surface area contributed by atoms with Crippen molar-refractivity contribution < 1.29 is 19.1 Å². The van der Waals surface area contributed by atoms with Crippen LogP contribution in [0.5, 0.6) is 0 Å². The van der Waals surface area contributed by atoms with E-state index in [2.05, 4.69) is 16.0 Å². The molecule has 0 bridgehead atoms. The van der Waals surface area contributed by atoms with Crippen molar-refractivity contribution in [3.63, 3.8) is 0 Å². The summed E-state index contributed by atoms with van der Waals surface area (Å²) in [5.74, 6) is -0.796. The number of amides is 2. The monoisotopic (exact) mass is 377 g/mol. The minimum absolute atomic E-state index is 0.227. The molecule has 1 aromatic carbocycles. The third-order valence-corrected chi connectivity index (χ3v) is 4.19. The van der Waals surface area contributed by atoms with Crippen molar-refractivity contribution in [1.82, 2.24) is 16.0 Å². The lowest BCUT2D eigenvalue weighted by molar-refractivity contribution is -0.143. The van der Waals surface area contributed by atoms with Gasteiger partial charge in [-0.05, 0) is 24.8 Å². The highest BCUT2D eigenvalue weighted by molar-refractivity contribution is 5.90. The van der Waals surface area contributed by atoms with Gasteiger partial charge in [0, 0.05) is 13.5 Å². The van der Waals surface area contributed by atoms with E-state index in [0.717, 1.165) is 5.56 Å². The summed E-state index contributed by atoms with van der Waals surface area (Å²) in [5.41, 5.74) is 0.947. The average Bonchev–Trinajstić information content (AvgIpc) is 2.65. The van der Waals surface area contributed by atoms with E-state index < -0.39 is 24.1 Å². The minimum atomic E-state index is -0.699. The van der Waals surface area contributed by atoms with Gasteiger partial charge in [-0.2, -0.15) is 0 Å². The Balaban J connectivity index is 2.89. The Bertz CT molecular complexity index is 619. The first-order chi connectivity index (χ1) is 12.8. The maximum atomic E-state index is 12.8. The minimum Gasteiger partial charge on any atom is -0.468 e. The lowest BCUT2D eigenvalue weighted by Gasteiger charge is -2.25. The molecule has 0 aliphatic rings. The van der Waals surface area contributed by atoms with Crippen molar-refractivity contribution in [2.24, 2.45) is 5.92 Å². The number of hydrogen-bond donors (Lipinski definition) is 3. The highest BCUT2D eigenvalue weighted by atomic mass is 16.5. The Hall–Kier alpha value is -2.41. The Labute approximate surface area is 161 Å². The highest BCUT2D eigenvalue weighted by Crippen LogP contribution is 2.09. The fourth-order valence-electron chi connectivity index (χ4n) is 2.77. The molecule has 7 heteroatoms. The van der Waals surface area contributed by atoms with E-state index in [1.54, 1.807) is 6.92 Å². The lowest BCUT2D eigenvalue weighted by atomic mass is 10.0. The second-order valence-corrected chi connectivity index (χ2v) is 6.96. The molecule has 0 fully saturated rings. The number of carbonyl (C=O) groups is 3. The van der Waals surface area contributed by atoms with Crippen LogP contribution in [-0.4, -0.2) is 50.1 Å². The number of hydrogen-bond acceptors (Lipinski definition) is 5. The van der Waals surface area contributed by atoms with Gasteiger partial charge in [0.1, 0.15) is 12.1 Å². The smallest absolute Gasteiger partial charge is 0.322 e. The van der Waals surface area contributed by atoms with Crippen molar-refractivity contribution in [3.05, 3.63) is 35.9 Å². The van der Waals surface area contributed by atoms with Crippen LogP contribution in [0.4, 0.5) is 0 Å². The number of benzene rings is 1. The Kier molecular flexibility index (Phi) is 9.50. The molecular formula is C20H31N3O4. The van der Waals surface area contributed by atoms with Crippen LogP contribution in [0.3, 0.4) is 0 Å². The van der Waals surface area contributed by atoms with E-state index in [4.69, 9.17) is 4.74 Å². The van der Waals surface area contributed by atoms with E-state index in [1.165, 1.54) is 14.2 Å². The molecule has 7 nitrogen and oxygen atoms in total. The van der Waals surface area contributed by atoms with E-state index >= 15 is 0 Å². The number of methoxy groups -OCH3 is 1. The zero-order chi connectivity index (χ0) is 20.4. The van der Waals surface area contributed by atoms with Gasteiger partial charge in [-0.25, -0.2) is 0 Å². The Morgan fingerprint density at radius 3 is 2.15 bits per heavy atom. The van der Waals surface area contributed by atoms with Gasteiger partial charge in [-0.15, -0.1) is 0 Å². The van der Waals surface area contributed by atoms with Crippen LogP contribution in [-0.2, 0) is 25.5 Å². The second-order valence-electron chi connectivity index (χ2n) is 6.96. The summed E-state index contributed by atoms with van der Waals surface area (Å²) in [4.78, 5) is 36.8. The molecular weight excluding hydrogens is 346 g/mol. The average molecular weight is 377 g/mol. The molecule has 0 aromatic heterocycles. The van der Waals surface area contributed by atoms with Crippen molar-refractivity contribution in [3.8, 4) is 0 Å². The van der Waals surface area contributed by atoms with E-state index in [1.807, 2.05) is 44.2 Å². The molecule has 0 aliphatic carbocycles. The van der Waals surface area contributed by atoms with E-state index in [-0.39, 0.29) is 17.7 Å². The van der Waals surface area contributed by atoms with Crippen LogP contribution in [0, 0.1) is 5.92 Å². The summed E-state index contributed by atoms with van der Waals surface area (Å²) in [6.45, 7) is 5.63. The maximum Gasteiger partial charge on any atom is 0.322 e. The molecule has 1 aromatic rings. The first-order valence-electron chi connectivity index (χ1n) is 9.18. The predicted octanol–water partition coefficient (Wildman–Crippen LogP) is 1.03. The van der Waals surface area contributed by atoms with Crippen LogP contribution in [0.15, 0.2) is 30.3 Å². The topological polar surface area (TPSA) is 96.5 Å². The maximum absolute atomic E-state index is 12.8. The zero-order valence-corrected chi connectivity index (χ0v) is 16.7. The molecule has 150 valence electrons. The van der Waals surface area contributed by atoms with Gasteiger partial charge in [-0.3, -0.25) is 19.7 Å².